The zero-order valence-electron chi connectivity index (χ0n) is 62.3. The van der Waals surface area contributed by atoms with Crippen molar-refractivity contribution in [1.82, 2.24) is 45.7 Å². The van der Waals surface area contributed by atoms with E-state index in [-0.39, 0.29) is 108 Å². The van der Waals surface area contributed by atoms with Crippen molar-refractivity contribution >= 4 is 70.6 Å². The Balaban J connectivity index is 0.000000718. The van der Waals surface area contributed by atoms with Gasteiger partial charge in [-0.1, -0.05) is 104 Å². The van der Waals surface area contributed by atoms with Gasteiger partial charge in [-0.3, -0.25) is 34.1 Å². The highest BCUT2D eigenvalue weighted by Gasteiger charge is 2.44. The van der Waals surface area contributed by atoms with E-state index in [1.807, 2.05) is 71.9 Å². The number of ketones is 1. The Morgan fingerprint density at radius 2 is 1.35 bits per heavy atom. The zero-order chi connectivity index (χ0) is 76.2. The number of aromatic nitrogens is 4. The number of carbonyl (C=O) groups is 8. The molecule has 0 saturated carbocycles. The fraction of sp³-hybridized carbons (Fsp3) is 0.532. The Morgan fingerprint density at radius 3 is 1.92 bits per heavy atom. The Kier molecular flexibility index (Phi) is 33.9. The average molecular weight is 1460 g/mol. The van der Waals surface area contributed by atoms with Gasteiger partial charge in [-0.25, -0.2) is 9.59 Å². The van der Waals surface area contributed by atoms with Gasteiger partial charge >= 0.3 is 12.2 Å². The minimum atomic E-state index is -0.981. The second kappa shape index (κ2) is 42.0. The average Bonchev–Trinajstić information content (AvgIpc) is 1.47. The van der Waals surface area contributed by atoms with Gasteiger partial charge in [0.15, 0.2) is 5.78 Å². The molecule has 1 aliphatic heterocycles. The number of allylic oxidation sites excluding steroid dienone is 1. The van der Waals surface area contributed by atoms with Crippen LogP contribution in [0.4, 0.5) is 21.0 Å². The molecule has 11 atom stereocenters. The smallest absolute Gasteiger partial charge is 0.412 e. The maximum absolute atomic E-state index is 14.9. The molecule has 1 aliphatic carbocycles. The summed E-state index contributed by atoms with van der Waals surface area (Å²) >= 11 is 1.36. The Hall–Kier alpha value is -9.05. The first-order valence-corrected chi connectivity index (χ1v) is 37.2. The van der Waals surface area contributed by atoms with Crippen LogP contribution in [0.15, 0.2) is 109 Å². The lowest BCUT2D eigenvalue weighted by atomic mass is 9.83. The quantitative estimate of drug-likeness (QED) is 0.0192. The number of methoxy groups -OCH3 is 2. The molecule has 7 amide bonds. The van der Waals surface area contributed by atoms with E-state index >= 15 is 0 Å². The lowest BCUT2D eigenvalue weighted by molar-refractivity contribution is -0.149. The van der Waals surface area contributed by atoms with Crippen molar-refractivity contribution in [1.29, 1.82) is 0 Å². The standard InChI is InChI=1S/C63H97N7O13S.C14H10N4O2/c1-14-41(6)57(52(80-11)36-55(74)70-33-23-28-50(70)59(81-12)42(7)60(76)65-43(8)58(75)45-24-19-18-20-25-45)68(9)61(77)47(39(2)3)35-51(71)56(40(4)5)69(10)63(79)82-37-44-29-30-48(67-62(78)83-46-26-21-16-15-17-22-27-46)49(34-44)66-53(72)31-32-64-54(73)38-84-13;19-11-5-1-9(2-6-11)13-15-17-14(18-16-13)10-3-7-12(20)8-4-10/h18-21,24-26,29-30,34,39-43,46-47,50,52,56-59,75H,14-17,22-23,27-28,31-33,35-38H2,1-13H3,(H,64,73)(H,65,76)(H,66,72)(H,67,78);1-8,19-20H/b26-21+;/t41-,42+,43+,46?,47+,50-,52+,56-,57-,58+,59+;/m0./s1. The first-order valence-electron chi connectivity index (χ1n) is 35.8. The maximum atomic E-state index is 14.9. The number of carbonyl (C=O) groups excluding carboxylic acids is 8. The molecule has 26 nitrogen and oxygen atoms in total. The molecule has 2 heterocycles. The van der Waals surface area contributed by atoms with E-state index in [0.717, 1.165) is 36.8 Å². The molecule has 4 aromatic carbocycles. The molecule has 5 aromatic rings. The van der Waals surface area contributed by atoms with Gasteiger partial charge in [-0.2, -0.15) is 11.8 Å². The zero-order valence-corrected chi connectivity index (χ0v) is 63.1. The van der Waals surface area contributed by atoms with Crippen LogP contribution >= 0.6 is 11.8 Å². The first-order chi connectivity index (χ1) is 49.7. The highest BCUT2D eigenvalue weighted by molar-refractivity contribution is 7.99. The van der Waals surface area contributed by atoms with Crippen LogP contribution in [0.5, 0.6) is 11.5 Å². The van der Waals surface area contributed by atoms with Gasteiger partial charge in [-0.05, 0) is 147 Å². The molecule has 7 N–H and O–H groups in total. The summed E-state index contributed by atoms with van der Waals surface area (Å²) in [7, 11) is 6.21. The van der Waals surface area contributed by atoms with Crippen LogP contribution in [-0.4, -0.2) is 194 Å². The monoisotopic (exact) mass is 1460 g/mol. The number of anilines is 2. The number of aliphatic hydroxyl groups excluding tert-OH is 1. The van der Waals surface area contributed by atoms with Crippen molar-refractivity contribution in [2.45, 2.75) is 181 Å². The number of nitrogens with zero attached hydrogens (tertiary/aromatic N) is 7. The molecule has 1 fully saturated rings. The molecule has 1 saturated heterocycles. The van der Waals surface area contributed by atoms with Crippen LogP contribution < -0.4 is 21.3 Å². The van der Waals surface area contributed by atoms with E-state index < -0.39 is 78.5 Å². The van der Waals surface area contributed by atoms with E-state index in [4.69, 9.17) is 18.9 Å². The predicted molar refractivity (Wildman–Crippen MR) is 399 cm³/mol. The number of benzene rings is 4. The van der Waals surface area contributed by atoms with Crippen molar-refractivity contribution in [2.75, 3.05) is 64.0 Å². The lowest BCUT2D eigenvalue weighted by Crippen LogP contribution is -2.55. The molecule has 1 aromatic heterocycles. The highest BCUT2D eigenvalue weighted by atomic mass is 32.2. The van der Waals surface area contributed by atoms with Crippen molar-refractivity contribution in [3.63, 3.8) is 0 Å². The van der Waals surface area contributed by atoms with Gasteiger partial charge in [0.05, 0.1) is 71.9 Å². The number of aliphatic hydroxyl groups is 1. The Morgan fingerprint density at radius 1 is 0.712 bits per heavy atom. The van der Waals surface area contributed by atoms with Crippen molar-refractivity contribution in [3.05, 3.63) is 120 Å². The Bertz CT molecular complexity index is 3550. The fourth-order valence-electron chi connectivity index (χ4n) is 13.1. The molecule has 1 unspecified atom stereocenters. The number of ether oxygens (including phenoxy) is 4. The summed E-state index contributed by atoms with van der Waals surface area (Å²) in [5, 5.41) is 56.6. The summed E-state index contributed by atoms with van der Waals surface area (Å²) in [5.41, 5.74) is 3.03. The molecule has 566 valence electrons. The number of thioether (sulfide) groups is 1. The number of amides is 7. The van der Waals surface area contributed by atoms with Crippen molar-refractivity contribution in [3.8, 4) is 34.3 Å². The van der Waals surface area contributed by atoms with Crippen LogP contribution in [0.2, 0.25) is 0 Å². The summed E-state index contributed by atoms with van der Waals surface area (Å²) in [4.78, 5) is 115. The largest absolute Gasteiger partial charge is 0.508 e. The number of likely N-dealkylation sites (tertiary alicyclic amines) is 1. The highest BCUT2D eigenvalue weighted by Crippen LogP contribution is 2.33. The third-order valence-electron chi connectivity index (χ3n) is 19.1. The van der Waals surface area contributed by atoms with Gasteiger partial charge in [-0.15, -0.1) is 20.4 Å². The molecule has 7 rings (SSSR count). The summed E-state index contributed by atoms with van der Waals surface area (Å²) < 4.78 is 23.6. The number of aromatic hydroxyl groups is 2. The molecule has 2 aliphatic rings. The molecule has 104 heavy (non-hydrogen) atoms. The molecular weight excluding hydrogens is 1350 g/mol. The SMILES string of the molecule is CC[C@H](C)[C@@H]([C@@H](CC(=O)N1CCC[C@H]1[C@H](OC)[C@@H](C)C(=O)N[C@H](C)[C@@H](O)c1ccccc1)OC)N(C)C(=O)[C@H](CC(=O)[C@H](C(C)C)N(C)C(=O)OCc1ccc(NC(=O)OC2/C=C/CCCCC2)c(NC(=O)CCNC(=O)CSC)c1)C(C)C.Oc1ccc(-c2nnc(-c3ccc(O)cc3)nn2)cc1. The second-order valence-corrected chi connectivity index (χ2v) is 28.2. The topological polar surface area (TPSA) is 344 Å². The van der Waals surface area contributed by atoms with Crippen LogP contribution in [0, 0.1) is 29.6 Å². The number of rotatable bonds is 33. The minimum absolute atomic E-state index is 0.0531. The summed E-state index contributed by atoms with van der Waals surface area (Å²) in [6.45, 7) is 15.1. The molecule has 0 spiro atoms. The van der Waals surface area contributed by atoms with Crippen LogP contribution in [0.1, 0.15) is 143 Å². The maximum Gasteiger partial charge on any atom is 0.412 e. The molecule has 0 bridgehead atoms. The number of hydrogen-bond acceptors (Lipinski definition) is 20. The summed E-state index contributed by atoms with van der Waals surface area (Å²) in [5.74, 6) is -2.74. The number of Topliss-reactive ketones (excluding diaryl/α,β-unsaturated/α-hetero) is 1. The van der Waals surface area contributed by atoms with Gasteiger partial charge in [0.1, 0.15) is 24.2 Å². The van der Waals surface area contributed by atoms with Crippen LogP contribution in [0.25, 0.3) is 22.8 Å². The van der Waals surface area contributed by atoms with Gasteiger partial charge in [0.2, 0.25) is 41.2 Å². The Labute approximate surface area is 615 Å². The molecule has 27 heteroatoms. The number of phenols is 2. The minimum Gasteiger partial charge on any atom is -0.508 e. The molecular formula is C77H107N11O15S. The van der Waals surface area contributed by atoms with Gasteiger partial charge in [0.25, 0.3) is 0 Å². The summed E-state index contributed by atoms with van der Waals surface area (Å²) in [6, 6.07) is 24.2. The number of likely N-dealkylation sites (N-methyl/N-ethyl adjacent to an activating group) is 2. The second-order valence-electron chi connectivity index (χ2n) is 27.4. The van der Waals surface area contributed by atoms with E-state index in [0.29, 0.717) is 55.0 Å². The normalized spacial score (nSPS) is 17.3. The van der Waals surface area contributed by atoms with E-state index in [1.54, 1.807) is 116 Å². The molecule has 0 radical (unpaired) electrons. The van der Waals surface area contributed by atoms with Crippen molar-refractivity contribution in [2.24, 2.45) is 29.6 Å². The lowest BCUT2D eigenvalue weighted by Gasteiger charge is -2.41. The van der Waals surface area contributed by atoms with Gasteiger partial charge in [0, 0.05) is 71.3 Å². The van der Waals surface area contributed by atoms with E-state index in [9.17, 15) is 53.7 Å². The number of phenolic OH excluding ortho intramolecular Hbond substituents is 2. The third kappa shape index (κ3) is 24.8. The summed E-state index contributed by atoms with van der Waals surface area (Å²) in [6.07, 6.45) is 7.71. The van der Waals surface area contributed by atoms with Gasteiger partial charge < -0.3 is 64.9 Å². The van der Waals surface area contributed by atoms with E-state index in [2.05, 4.69) is 41.7 Å². The predicted octanol–water partition coefficient (Wildman–Crippen LogP) is 10.9. The van der Waals surface area contributed by atoms with Crippen molar-refractivity contribution < 1.29 is 72.6 Å². The first kappa shape index (κ1) is 83.9. The third-order valence-corrected chi connectivity index (χ3v) is 19.6. The van der Waals surface area contributed by atoms with Crippen LogP contribution in [0.3, 0.4) is 0 Å². The van der Waals surface area contributed by atoms with Crippen LogP contribution in [-0.2, 0) is 54.3 Å². The van der Waals surface area contributed by atoms with E-state index in [1.165, 1.54) is 37.9 Å². The number of nitrogens with one attached hydrogen (secondary N) is 4. The fourth-order valence-corrected chi connectivity index (χ4v) is 13.4. The number of hydrogen-bond donors (Lipinski definition) is 7.